The largest absolute Gasteiger partial charge is 0.357 e. The number of hydrogen-bond donors (Lipinski definition) is 1. The zero-order valence-corrected chi connectivity index (χ0v) is 11.2. The molecule has 0 spiro atoms. The number of anilines is 1. The van der Waals surface area contributed by atoms with E-state index >= 15 is 0 Å². The molecule has 0 aliphatic rings. The maximum Gasteiger partial charge on any atom is 0.239 e. The summed E-state index contributed by atoms with van der Waals surface area (Å²) in [6.07, 6.45) is 9.32. The van der Waals surface area contributed by atoms with E-state index in [1.165, 1.54) is 0 Å². The van der Waals surface area contributed by atoms with E-state index in [1.54, 1.807) is 36.5 Å². The van der Waals surface area contributed by atoms with Gasteiger partial charge in [-0.05, 0) is 0 Å². The maximum absolute atomic E-state index is 4.45. The van der Waals surface area contributed by atoms with Crippen LogP contribution in [0, 0.1) is 0 Å². The van der Waals surface area contributed by atoms with Crippen molar-refractivity contribution in [2.75, 3.05) is 12.4 Å². The van der Waals surface area contributed by atoms with Crippen LogP contribution in [0.15, 0.2) is 31.1 Å². The average Bonchev–Trinajstić information content (AvgIpc) is 3.11. The molecular formula is C12H14N8. The van der Waals surface area contributed by atoms with Crippen molar-refractivity contribution in [1.82, 2.24) is 34.1 Å². The number of aryl methyl sites for hydroxylation is 1. The average molecular weight is 270 g/mol. The van der Waals surface area contributed by atoms with Gasteiger partial charge in [-0.3, -0.25) is 4.57 Å². The Morgan fingerprint density at radius 2 is 2.05 bits per heavy atom. The molecule has 0 aromatic carbocycles. The van der Waals surface area contributed by atoms with E-state index in [0.717, 1.165) is 5.82 Å². The van der Waals surface area contributed by atoms with E-state index in [2.05, 4.69) is 30.2 Å². The lowest BCUT2D eigenvalue weighted by Crippen LogP contribution is -2.10. The molecule has 0 unspecified atom stereocenters. The van der Waals surface area contributed by atoms with Crippen molar-refractivity contribution in [1.29, 1.82) is 0 Å². The minimum absolute atomic E-state index is 0.521. The second-order valence-electron chi connectivity index (χ2n) is 4.23. The third-order valence-electron chi connectivity index (χ3n) is 2.87. The third kappa shape index (κ3) is 2.35. The van der Waals surface area contributed by atoms with E-state index in [9.17, 15) is 0 Å². The van der Waals surface area contributed by atoms with E-state index in [4.69, 9.17) is 0 Å². The highest BCUT2D eigenvalue weighted by Gasteiger charge is 2.10. The van der Waals surface area contributed by atoms with Crippen LogP contribution < -0.4 is 5.32 Å². The summed E-state index contributed by atoms with van der Waals surface area (Å²) in [4.78, 5) is 21.4. The number of nitrogens with zero attached hydrogens (tertiary/aromatic N) is 7. The van der Waals surface area contributed by atoms with Gasteiger partial charge in [-0.2, -0.15) is 15.0 Å². The van der Waals surface area contributed by atoms with Gasteiger partial charge in [-0.1, -0.05) is 0 Å². The molecule has 0 saturated carbocycles. The van der Waals surface area contributed by atoms with Gasteiger partial charge in [0.15, 0.2) is 0 Å². The lowest BCUT2D eigenvalue weighted by Gasteiger charge is -2.07. The van der Waals surface area contributed by atoms with Crippen LogP contribution in [0.2, 0.25) is 0 Å². The number of imidazole rings is 2. The van der Waals surface area contributed by atoms with Crippen LogP contribution in [0.3, 0.4) is 0 Å². The zero-order chi connectivity index (χ0) is 13.9. The molecule has 20 heavy (non-hydrogen) atoms. The Balaban J connectivity index is 1.98. The van der Waals surface area contributed by atoms with E-state index in [1.807, 2.05) is 17.8 Å². The normalized spacial score (nSPS) is 10.7. The summed E-state index contributed by atoms with van der Waals surface area (Å²) in [6, 6.07) is 0. The van der Waals surface area contributed by atoms with Gasteiger partial charge in [-0.15, -0.1) is 0 Å². The Kier molecular flexibility index (Phi) is 3.12. The number of rotatable bonds is 4. The fourth-order valence-electron chi connectivity index (χ4n) is 1.80. The molecule has 0 aliphatic heterocycles. The van der Waals surface area contributed by atoms with Gasteiger partial charge in [-0.25, -0.2) is 9.97 Å². The summed E-state index contributed by atoms with van der Waals surface area (Å²) in [5.74, 6) is 2.61. The van der Waals surface area contributed by atoms with Crippen LogP contribution in [0.4, 0.5) is 5.95 Å². The van der Waals surface area contributed by atoms with Crippen molar-refractivity contribution < 1.29 is 0 Å². The summed E-state index contributed by atoms with van der Waals surface area (Å²) in [5.41, 5.74) is 0. The van der Waals surface area contributed by atoms with Gasteiger partial charge < -0.3 is 9.88 Å². The van der Waals surface area contributed by atoms with Crippen molar-refractivity contribution in [3.63, 3.8) is 0 Å². The first kappa shape index (κ1) is 12.3. The van der Waals surface area contributed by atoms with Gasteiger partial charge in [0.25, 0.3) is 0 Å². The van der Waals surface area contributed by atoms with E-state index < -0.39 is 0 Å². The smallest absolute Gasteiger partial charge is 0.239 e. The molecule has 3 aromatic heterocycles. The lowest BCUT2D eigenvalue weighted by atomic mass is 10.4. The topological polar surface area (TPSA) is 86.3 Å². The molecule has 102 valence electrons. The number of aromatic nitrogens is 7. The molecule has 0 saturated heterocycles. The monoisotopic (exact) mass is 270 g/mol. The van der Waals surface area contributed by atoms with Crippen LogP contribution in [0.25, 0.3) is 5.95 Å². The summed E-state index contributed by atoms with van der Waals surface area (Å²) < 4.78 is 3.68. The molecule has 0 radical (unpaired) electrons. The molecule has 0 bridgehead atoms. The van der Waals surface area contributed by atoms with Crippen LogP contribution in [0.1, 0.15) is 11.6 Å². The first-order chi connectivity index (χ1) is 9.76. The van der Waals surface area contributed by atoms with Crippen molar-refractivity contribution in [3.8, 4) is 5.95 Å². The Morgan fingerprint density at radius 3 is 2.70 bits per heavy atom. The SMILES string of the molecule is CNc1nc(Cc2nccn2C)nc(-n2ccnc2)n1. The summed E-state index contributed by atoms with van der Waals surface area (Å²) in [7, 11) is 3.72. The molecule has 1 N–H and O–H groups in total. The molecule has 3 rings (SSSR count). The van der Waals surface area contributed by atoms with Crippen molar-refractivity contribution in [2.24, 2.45) is 7.05 Å². The summed E-state index contributed by atoms with van der Waals surface area (Å²) >= 11 is 0. The highest BCUT2D eigenvalue weighted by atomic mass is 15.2. The predicted octanol–water partition coefficient (Wildman–Crippen LogP) is 0.423. The Morgan fingerprint density at radius 1 is 1.15 bits per heavy atom. The maximum atomic E-state index is 4.45. The van der Waals surface area contributed by atoms with Gasteiger partial charge in [0.2, 0.25) is 11.9 Å². The Bertz CT molecular complexity index is 700. The van der Waals surface area contributed by atoms with E-state index in [0.29, 0.717) is 24.1 Å². The van der Waals surface area contributed by atoms with Crippen LogP contribution in [-0.2, 0) is 13.5 Å². The van der Waals surface area contributed by atoms with Crippen LogP contribution in [-0.4, -0.2) is 41.1 Å². The minimum Gasteiger partial charge on any atom is -0.357 e. The summed E-state index contributed by atoms with van der Waals surface area (Å²) in [5, 5.41) is 2.94. The second-order valence-corrected chi connectivity index (χ2v) is 4.23. The molecule has 0 fully saturated rings. The molecule has 8 nitrogen and oxygen atoms in total. The quantitative estimate of drug-likeness (QED) is 0.739. The molecule has 0 atom stereocenters. The summed E-state index contributed by atoms with van der Waals surface area (Å²) in [6.45, 7) is 0. The standard InChI is InChI=1S/C12H14N8/c1-13-11-16-9(7-10-15-4-5-19(10)2)17-12(18-11)20-6-3-14-8-20/h3-6,8H,7H2,1-2H3,(H,13,16,17,18). The molecule has 3 heterocycles. The van der Waals surface area contributed by atoms with Crippen molar-refractivity contribution in [2.45, 2.75) is 6.42 Å². The molecule has 8 heteroatoms. The van der Waals surface area contributed by atoms with Gasteiger partial charge in [0.05, 0.1) is 6.42 Å². The number of hydrogen-bond acceptors (Lipinski definition) is 6. The highest BCUT2D eigenvalue weighted by Crippen LogP contribution is 2.08. The number of nitrogens with one attached hydrogen (secondary N) is 1. The van der Waals surface area contributed by atoms with Crippen LogP contribution in [0.5, 0.6) is 0 Å². The minimum atomic E-state index is 0.521. The fraction of sp³-hybridized carbons (Fsp3) is 0.250. The molecular weight excluding hydrogens is 256 g/mol. The van der Waals surface area contributed by atoms with Gasteiger partial charge in [0.1, 0.15) is 18.0 Å². The first-order valence-electron chi connectivity index (χ1n) is 6.13. The third-order valence-corrected chi connectivity index (χ3v) is 2.87. The predicted molar refractivity (Wildman–Crippen MR) is 72.5 cm³/mol. The Labute approximate surface area is 115 Å². The van der Waals surface area contributed by atoms with Gasteiger partial charge >= 0.3 is 0 Å². The fourth-order valence-corrected chi connectivity index (χ4v) is 1.80. The highest BCUT2D eigenvalue weighted by molar-refractivity contribution is 5.28. The van der Waals surface area contributed by atoms with E-state index in [-0.39, 0.29) is 0 Å². The van der Waals surface area contributed by atoms with Crippen LogP contribution >= 0.6 is 0 Å². The van der Waals surface area contributed by atoms with Crippen molar-refractivity contribution >= 4 is 5.95 Å². The molecule has 3 aromatic rings. The first-order valence-corrected chi connectivity index (χ1v) is 6.13. The molecule has 0 amide bonds. The van der Waals surface area contributed by atoms with Gasteiger partial charge in [0, 0.05) is 38.9 Å². The molecule has 0 aliphatic carbocycles. The zero-order valence-electron chi connectivity index (χ0n) is 11.2. The lowest BCUT2D eigenvalue weighted by molar-refractivity contribution is 0.776. The second kappa shape index (κ2) is 5.08. The van der Waals surface area contributed by atoms with Crippen molar-refractivity contribution in [3.05, 3.63) is 42.8 Å². The Hall–Kier alpha value is -2.77.